The van der Waals surface area contributed by atoms with Crippen LogP contribution in [0.5, 0.6) is 0 Å². The molecule has 0 aliphatic heterocycles. The van der Waals surface area contributed by atoms with Gasteiger partial charge in [0.2, 0.25) is 0 Å². The van der Waals surface area contributed by atoms with E-state index in [2.05, 4.69) is 10.6 Å². The van der Waals surface area contributed by atoms with Crippen LogP contribution in [0.2, 0.25) is 0 Å². The van der Waals surface area contributed by atoms with Crippen LogP contribution in [0.15, 0.2) is 114 Å². The summed E-state index contributed by atoms with van der Waals surface area (Å²) in [6, 6.07) is 28.5. The molecule has 2 amide bonds. The molecule has 0 atom stereocenters. The molecule has 0 bridgehead atoms. The molecule has 0 radical (unpaired) electrons. The molecule has 0 aliphatic carbocycles. The van der Waals surface area contributed by atoms with Crippen LogP contribution in [0.25, 0.3) is 6.08 Å². The van der Waals surface area contributed by atoms with Crippen LogP contribution < -0.4 is 10.6 Å². The van der Waals surface area contributed by atoms with Crippen molar-refractivity contribution in [1.29, 1.82) is 0 Å². The van der Waals surface area contributed by atoms with Gasteiger partial charge in [0.05, 0.1) is 10.7 Å². The molecule has 200 valence electrons. The smallest absolute Gasteiger partial charge is 0.272 e. The van der Waals surface area contributed by atoms with Gasteiger partial charge in [-0.3, -0.25) is 24.5 Å². The maximum atomic E-state index is 13.3. The summed E-state index contributed by atoms with van der Waals surface area (Å²) in [5.74, 6) is -0.835. The van der Waals surface area contributed by atoms with E-state index in [-0.39, 0.29) is 22.9 Å². The fraction of sp³-hybridized carbons (Fsp3) is 0.0645. The number of non-ortho nitro benzene ring substituents is 1. The van der Waals surface area contributed by atoms with Crippen molar-refractivity contribution in [2.75, 3.05) is 11.1 Å². The van der Waals surface area contributed by atoms with Gasteiger partial charge in [0.25, 0.3) is 17.5 Å². The number of hydrogen-bond donors (Lipinski definition) is 2. The number of ketones is 1. The number of nitro benzene ring substituents is 1. The lowest BCUT2D eigenvalue weighted by Crippen LogP contribution is -2.30. The monoisotopic (exact) mass is 551 g/mol. The normalized spacial score (nSPS) is 11.0. The van der Waals surface area contributed by atoms with Crippen LogP contribution in [0, 0.1) is 17.0 Å². The molecule has 0 spiro atoms. The zero-order valence-corrected chi connectivity index (χ0v) is 22.3. The van der Waals surface area contributed by atoms with E-state index in [0.717, 1.165) is 10.5 Å². The van der Waals surface area contributed by atoms with Crippen LogP contribution in [-0.2, 0) is 4.79 Å². The SMILES string of the molecule is Cc1ccc(C(=O)CSc2cccc(NC(=O)/C(=C/c3ccc([N+](=O)[O-])cc3)NC(=O)c3ccccc3)c2)cc1. The Balaban J connectivity index is 1.50. The molecule has 0 aromatic heterocycles. The Labute approximate surface area is 235 Å². The van der Waals surface area contributed by atoms with Gasteiger partial charge in [0.15, 0.2) is 5.78 Å². The third kappa shape index (κ3) is 7.75. The van der Waals surface area contributed by atoms with Gasteiger partial charge in [-0.15, -0.1) is 11.8 Å². The molecule has 0 unspecified atom stereocenters. The summed E-state index contributed by atoms with van der Waals surface area (Å²) in [5, 5.41) is 16.4. The first-order valence-corrected chi connectivity index (χ1v) is 13.2. The number of aryl methyl sites for hydroxylation is 1. The second-order valence-corrected chi connectivity index (χ2v) is 9.84. The predicted octanol–water partition coefficient (Wildman–Crippen LogP) is 6.29. The van der Waals surface area contributed by atoms with Gasteiger partial charge in [-0.25, -0.2) is 0 Å². The molecule has 0 saturated heterocycles. The Morgan fingerprint density at radius 2 is 1.55 bits per heavy atom. The van der Waals surface area contributed by atoms with Gasteiger partial charge in [0.1, 0.15) is 5.70 Å². The Hall–Kier alpha value is -5.02. The number of nitrogens with one attached hydrogen (secondary N) is 2. The van der Waals surface area contributed by atoms with Gasteiger partial charge in [-0.1, -0.05) is 54.1 Å². The standard InChI is InChI=1S/C31H25N3O5S/c1-21-10-14-23(15-11-21)29(35)20-40-27-9-5-8-25(19-27)32-31(37)28(33-30(36)24-6-3-2-4-7-24)18-22-12-16-26(17-13-22)34(38)39/h2-19H,20H2,1H3,(H,32,37)(H,33,36)/b28-18-. The van der Waals surface area contributed by atoms with E-state index in [9.17, 15) is 24.5 Å². The summed E-state index contributed by atoms with van der Waals surface area (Å²) in [6.07, 6.45) is 1.44. The molecule has 0 aliphatic rings. The molecule has 0 heterocycles. The molecule has 0 fully saturated rings. The fourth-order valence-corrected chi connectivity index (χ4v) is 4.48. The van der Waals surface area contributed by atoms with Crippen molar-refractivity contribution < 1.29 is 19.3 Å². The average Bonchev–Trinajstić information content (AvgIpc) is 2.97. The zero-order chi connectivity index (χ0) is 28.5. The van der Waals surface area contributed by atoms with Crippen LogP contribution in [0.1, 0.15) is 31.8 Å². The molecule has 4 rings (SSSR count). The van der Waals surface area contributed by atoms with E-state index < -0.39 is 16.7 Å². The Morgan fingerprint density at radius 1 is 0.850 bits per heavy atom. The number of thioether (sulfide) groups is 1. The third-order valence-corrected chi connectivity index (χ3v) is 6.77. The number of rotatable bonds is 10. The van der Waals surface area contributed by atoms with Crippen molar-refractivity contribution >= 4 is 46.8 Å². The highest BCUT2D eigenvalue weighted by Gasteiger charge is 2.16. The molecule has 4 aromatic rings. The van der Waals surface area contributed by atoms with Crippen LogP contribution in [0.3, 0.4) is 0 Å². The van der Waals surface area contributed by atoms with Crippen LogP contribution in [0.4, 0.5) is 11.4 Å². The van der Waals surface area contributed by atoms with Crippen molar-refractivity contribution in [3.8, 4) is 0 Å². The van der Waals surface area contributed by atoms with Crippen molar-refractivity contribution in [2.45, 2.75) is 11.8 Å². The minimum Gasteiger partial charge on any atom is -0.321 e. The average molecular weight is 552 g/mol. The summed E-state index contributed by atoms with van der Waals surface area (Å²) >= 11 is 1.35. The number of nitrogens with zero attached hydrogens (tertiary/aromatic N) is 1. The molecule has 9 heteroatoms. The summed E-state index contributed by atoms with van der Waals surface area (Å²) in [4.78, 5) is 49.9. The molecule has 2 N–H and O–H groups in total. The molecular formula is C31H25N3O5S. The van der Waals surface area contributed by atoms with E-state index in [0.29, 0.717) is 22.4 Å². The first-order chi connectivity index (χ1) is 19.3. The third-order valence-electron chi connectivity index (χ3n) is 5.78. The van der Waals surface area contributed by atoms with Crippen LogP contribution >= 0.6 is 11.8 Å². The molecule has 8 nitrogen and oxygen atoms in total. The number of hydrogen-bond acceptors (Lipinski definition) is 6. The zero-order valence-electron chi connectivity index (χ0n) is 21.5. The lowest BCUT2D eigenvalue weighted by Gasteiger charge is -2.12. The quantitative estimate of drug-likeness (QED) is 0.0786. The number of carbonyl (C=O) groups is 3. The van der Waals surface area contributed by atoms with Gasteiger partial charge >= 0.3 is 0 Å². The van der Waals surface area contributed by atoms with E-state index in [1.807, 2.05) is 25.1 Å². The summed E-state index contributed by atoms with van der Waals surface area (Å²) in [6.45, 7) is 1.96. The number of Topliss-reactive ketones (excluding diaryl/α,β-unsaturated/α-hetero) is 1. The fourth-order valence-electron chi connectivity index (χ4n) is 3.64. The number of nitro groups is 1. The van der Waals surface area contributed by atoms with E-state index >= 15 is 0 Å². The van der Waals surface area contributed by atoms with Crippen molar-refractivity contribution in [3.05, 3.63) is 141 Å². The van der Waals surface area contributed by atoms with E-state index in [1.165, 1.54) is 42.1 Å². The maximum Gasteiger partial charge on any atom is 0.272 e. The lowest BCUT2D eigenvalue weighted by atomic mass is 10.1. The Kier molecular flexibility index (Phi) is 9.22. The second-order valence-electron chi connectivity index (χ2n) is 8.79. The highest BCUT2D eigenvalue weighted by Crippen LogP contribution is 2.23. The van der Waals surface area contributed by atoms with E-state index in [4.69, 9.17) is 0 Å². The number of amides is 2. The maximum absolute atomic E-state index is 13.3. The second kappa shape index (κ2) is 13.2. The molecule has 40 heavy (non-hydrogen) atoms. The van der Waals surface area contributed by atoms with Gasteiger partial charge in [-0.2, -0.15) is 0 Å². The summed E-state index contributed by atoms with van der Waals surface area (Å²) < 4.78 is 0. The lowest BCUT2D eigenvalue weighted by molar-refractivity contribution is -0.384. The first-order valence-electron chi connectivity index (χ1n) is 12.2. The first kappa shape index (κ1) is 28.0. The minimum atomic E-state index is -0.583. The Bertz CT molecular complexity index is 1570. The van der Waals surface area contributed by atoms with E-state index in [1.54, 1.807) is 60.7 Å². The van der Waals surface area contributed by atoms with Gasteiger partial charge < -0.3 is 10.6 Å². The summed E-state index contributed by atoms with van der Waals surface area (Å²) in [5.41, 5.74) is 2.90. The Morgan fingerprint density at radius 3 is 2.23 bits per heavy atom. The van der Waals surface area contributed by atoms with Crippen molar-refractivity contribution in [3.63, 3.8) is 0 Å². The van der Waals surface area contributed by atoms with Crippen LogP contribution in [-0.4, -0.2) is 28.3 Å². The summed E-state index contributed by atoms with van der Waals surface area (Å²) in [7, 11) is 0. The van der Waals surface area contributed by atoms with Crippen molar-refractivity contribution in [1.82, 2.24) is 5.32 Å². The van der Waals surface area contributed by atoms with Crippen molar-refractivity contribution in [2.24, 2.45) is 0 Å². The topological polar surface area (TPSA) is 118 Å². The molecule has 4 aromatic carbocycles. The van der Waals surface area contributed by atoms with Gasteiger partial charge in [-0.05, 0) is 61.0 Å². The minimum absolute atomic E-state index is 0.00335. The highest BCUT2D eigenvalue weighted by atomic mass is 32.2. The number of benzene rings is 4. The highest BCUT2D eigenvalue weighted by molar-refractivity contribution is 8.00. The largest absolute Gasteiger partial charge is 0.321 e. The predicted molar refractivity (Wildman–Crippen MR) is 156 cm³/mol. The number of carbonyl (C=O) groups excluding carboxylic acids is 3. The molecule has 0 saturated carbocycles. The number of anilines is 1. The van der Waals surface area contributed by atoms with Gasteiger partial charge in [0, 0.05) is 33.8 Å². The molecular weight excluding hydrogens is 526 g/mol.